The molecule has 1 aliphatic rings. The van der Waals surface area contributed by atoms with Gasteiger partial charge in [0.25, 0.3) is 0 Å². The van der Waals surface area contributed by atoms with Gasteiger partial charge in [-0.3, -0.25) is 0 Å². The summed E-state index contributed by atoms with van der Waals surface area (Å²) in [6, 6.07) is 2.48. The van der Waals surface area contributed by atoms with Gasteiger partial charge in [-0.05, 0) is 24.3 Å². The summed E-state index contributed by atoms with van der Waals surface area (Å²) < 4.78 is 35.8. The SMILES string of the molecule is NS(=O)(=O)c1cc2c(cc1F)NCCCS2. The van der Waals surface area contributed by atoms with Gasteiger partial charge in [0, 0.05) is 11.4 Å². The number of halogens is 1. The minimum absolute atomic E-state index is 0.442. The van der Waals surface area contributed by atoms with Crippen LogP contribution in [0, 0.1) is 5.82 Å². The van der Waals surface area contributed by atoms with E-state index in [9.17, 15) is 12.8 Å². The first kappa shape index (κ1) is 11.7. The van der Waals surface area contributed by atoms with E-state index in [0.717, 1.165) is 23.6 Å². The maximum Gasteiger partial charge on any atom is 0.241 e. The van der Waals surface area contributed by atoms with Crippen LogP contribution in [0.1, 0.15) is 6.42 Å². The van der Waals surface area contributed by atoms with Gasteiger partial charge in [0.2, 0.25) is 10.0 Å². The van der Waals surface area contributed by atoms with Crippen LogP contribution in [0.3, 0.4) is 0 Å². The molecule has 0 unspecified atom stereocenters. The van der Waals surface area contributed by atoms with E-state index >= 15 is 0 Å². The van der Waals surface area contributed by atoms with E-state index in [2.05, 4.69) is 5.32 Å². The molecular weight excluding hydrogens is 251 g/mol. The Morgan fingerprint density at radius 3 is 2.88 bits per heavy atom. The van der Waals surface area contributed by atoms with Gasteiger partial charge >= 0.3 is 0 Å². The minimum Gasteiger partial charge on any atom is -0.384 e. The Balaban J connectivity index is 2.56. The summed E-state index contributed by atoms with van der Waals surface area (Å²) >= 11 is 1.50. The number of nitrogens with one attached hydrogen (secondary N) is 1. The highest BCUT2D eigenvalue weighted by Crippen LogP contribution is 2.33. The molecule has 1 aliphatic heterocycles. The third kappa shape index (κ3) is 2.31. The van der Waals surface area contributed by atoms with Crippen molar-refractivity contribution in [2.45, 2.75) is 16.2 Å². The number of benzene rings is 1. The lowest BCUT2D eigenvalue weighted by Crippen LogP contribution is -2.14. The van der Waals surface area contributed by atoms with Gasteiger partial charge in [0.1, 0.15) is 10.7 Å². The molecule has 0 aromatic heterocycles. The molecule has 0 saturated heterocycles. The van der Waals surface area contributed by atoms with E-state index in [0.29, 0.717) is 5.69 Å². The first-order chi connectivity index (χ1) is 7.48. The molecule has 3 N–H and O–H groups in total. The van der Waals surface area contributed by atoms with Crippen molar-refractivity contribution in [3.63, 3.8) is 0 Å². The van der Waals surface area contributed by atoms with Crippen LogP contribution in [0.25, 0.3) is 0 Å². The van der Waals surface area contributed by atoms with Gasteiger partial charge < -0.3 is 5.32 Å². The first-order valence-electron chi connectivity index (χ1n) is 4.71. The fraction of sp³-hybridized carbons (Fsp3) is 0.333. The zero-order valence-electron chi connectivity index (χ0n) is 8.36. The van der Waals surface area contributed by atoms with Gasteiger partial charge in [-0.1, -0.05) is 0 Å². The van der Waals surface area contributed by atoms with Crippen LogP contribution in [0.5, 0.6) is 0 Å². The van der Waals surface area contributed by atoms with E-state index in [1.54, 1.807) is 0 Å². The third-order valence-electron chi connectivity index (χ3n) is 2.23. The molecule has 0 fully saturated rings. The van der Waals surface area contributed by atoms with Gasteiger partial charge in [-0.15, -0.1) is 11.8 Å². The van der Waals surface area contributed by atoms with Crippen molar-refractivity contribution in [2.75, 3.05) is 17.6 Å². The summed E-state index contributed by atoms with van der Waals surface area (Å²) in [5, 5.41) is 7.98. The highest BCUT2D eigenvalue weighted by molar-refractivity contribution is 7.99. The number of nitrogens with two attached hydrogens (primary N) is 1. The Hall–Kier alpha value is -0.790. The van der Waals surface area contributed by atoms with Crippen LogP contribution in [0.4, 0.5) is 10.1 Å². The summed E-state index contributed by atoms with van der Waals surface area (Å²) in [4.78, 5) is 0.283. The topological polar surface area (TPSA) is 72.2 Å². The maximum atomic E-state index is 13.5. The van der Waals surface area contributed by atoms with Gasteiger partial charge in [0.05, 0.1) is 5.69 Å². The molecule has 1 aromatic carbocycles. The lowest BCUT2D eigenvalue weighted by molar-refractivity contribution is 0.567. The van der Waals surface area contributed by atoms with Gasteiger partial charge in [0.15, 0.2) is 0 Å². The van der Waals surface area contributed by atoms with Crippen molar-refractivity contribution in [1.82, 2.24) is 0 Å². The van der Waals surface area contributed by atoms with Gasteiger partial charge in [-0.25, -0.2) is 17.9 Å². The summed E-state index contributed by atoms with van der Waals surface area (Å²) in [6.07, 6.45) is 0.950. The summed E-state index contributed by atoms with van der Waals surface area (Å²) in [7, 11) is -3.99. The molecule has 2 rings (SSSR count). The molecule has 1 heterocycles. The summed E-state index contributed by atoms with van der Waals surface area (Å²) in [5.41, 5.74) is 0.632. The zero-order valence-corrected chi connectivity index (χ0v) is 10.00. The average molecular weight is 262 g/mol. The Labute approximate surface area is 97.5 Å². The molecule has 1 aromatic rings. The number of rotatable bonds is 1. The monoisotopic (exact) mass is 262 g/mol. The third-order valence-corrected chi connectivity index (χ3v) is 4.30. The largest absolute Gasteiger partial charge is 0.384 e. The van der Waals surface area contributed by atoms with E-state index in [4.69, 9.17) is 5.14 Å². The predicted molar refractivity (Wildman–Crippen MR) is 61.6 cm³/mol. The van der Waals surface area contributed by atoms with Crippen molar-refractivity contribution >= 4 is 27.5 Å². The number of sulfonamides is 1. The molecule has 0 atom stereocenters. The van der Waals surface area contributed by atoms with Crippen molar-refractivity contribution in [2.24, 2.45) is 5.14 Å². The molecule has 0 saturated carbocycles. The lowest BCUT2D eigenvalue weighted by atomic mass is 10.3. The standard InChI is InChI=1S/C9H11FN2O2S2/c10-6-4-7-8(15-3-1-2-12-7)5-9(6)16(11,13)14/h4-5,12H,1-3H2,(H2,11,13,14). The molecule has 7 heteroatoms. The molecule has 0 bridgehead atoms. The smallest absolute Gasteiger partial charge is 0.241 e. The second kappa shape index (κ2) is 4.23. The number of hydrogen-bond acceptors (Lipinski definition) is 4. The van der Waals surface area contributed by atoms with Crippen molar-refractivity contribution in [3.8, 4) is 0 Å². The van der Waals surface area contributed by atoms with Crippen molar-refractivity contribution in [1.29, 1.82) is 0 Å². The van der Waals surface area contributed by atoms with E-state index in [1.807, 2.05) is 0 Å². The Morgan fingerprint density at radius 2 is 2.19 bits per heavy atom. The quantitative estimate of drug-likeness (QED) is 0.802. The Morgan fingerprint density at radius 1 is 1.44 bits per heavy atom. The molecule has 16 heavy (non-hydrogen) atoms. The van der Waals surface area contributed by atoms with Crippen LogP contribution in [-0.2, 0) is 10.0 Å². The summed E-state index contributed by atoms with van der Waals surface area (Å²) in [5.74, 6) is 0.0617. The van der Waals surface area contributed by atoms with E-state index < -0.39 is 20.7 Å². The summed E-state index contributed by atoms with van der Waals surface area (Å²) in [6.45, 7) is 0.758. The first-order valence-corrected chi connectivity index (χ1v) is 7.25. The second-order valence-electron chi connectivity index (χ2n) is 3.45. The molecule has 0 spiro atoms. The van der Waals surface area contributed by atoms with E-state index in [-0.39, 0.29) is 0 Å². The molecule has 4 nitrogen and oxygen atoms in total. The van der Waals surface area contributed by atoms with Crippen LogP contribution >= 0.6 is 11.8 Å². The average Bonchev–Trinajstić information content (AvgIpc) is 2.39. The lowest BCUT2D eigenvalue weighted by Gasteiger charge is -2.09. The number of anilines is 1. The number of primary sulfonamides is 1. The van der Waals surface area contributed by atoms with E-state index in [1.165, 1.54) is 23.9 Å². The molecule has 0 radical (unpaired) electrons. The fourth-order valence-electron chi connectivity index (χ4n) is 1.49. The number of hydrogen-bond donors (Lipinski definition) is 2. The normalized spacial score (nSPS) is 16.1. The number of thioether (sulfide) groups is 1. The van der Waals surface area contributed by atoms with Crippen LogP contribution in [-0.4, -0.2) is 20.7 Å². The molecular formula is C9H11FN2O2S2. The Kier molecular flexibility index (Phi) is 3.09. The van der Waals surface area contributed by atoms with Crippen LogP contribution in [0.15, 0.2) is 21.9 Å². The highest BCUT2D eigenvalue weighted by Gasteiger charge is 2.19. The maximum absolute atomic E-state index is 13.5. The van der Waals surface area contributed by atoms with Crippen molar-refractivity contribution in [3.05, 3.63) is 17.9 Å². The minimum atomic E-state index is -3.99. The number of fused-ring (bicyclic) bond motifs is 1. The molecule has 0 aliphatic carbocycles. The molecule has 88 valence electrons. The highest BCUT2D eigenvalue weighted by atomic mass is 32.2. The van der Waals surface area contributed by atoms with Crippen LogP contribution in [0.2, 0.25) is 0 Å². The van der Waals surface area contributed by atoms with Gasteiger partial charge in [-0.2, -0.15) is 0 Å². The predicted octanol–water partition coefficient (Wildman–Crippen LogP) is 1.38. The zero-order chi connectivity index (χ0) is 11.8. The van der Waals surface area contributed by atoms with Crippen LogP contribution < -0.4 is 10.5 Å². The second-order valence-corrected chi connectivity index (χ2v) is 6.12. The fourth-order valence-corrected chi connectivity index (χ4v) is 3.17. The van der Waals surface area contributed by atoms with Crippen molar-refractivity contribution < 1.29 is 12.8 Å². The Bertz CT molecular complexity index is 516. The molecule has 0 amide bonds.